The second-order valence-electron chi connectivity index (χ2n) is 19.0. The number of carbonyl (C=O) groups excluding carboxylic acids is 3. The monoisotopic (exact) mass is 746 g/mol. The lowest BCUT2D eigenvalue weighted by atomic mass is 9.44. The van der Waals surface area contributed by atoms with E-state index in [1.807, 2.05) is 20.8 Å². The average Bonchev–Trinajstić information content (AvgIpc) is 3.91. The van der Waals surface area contributed by atoms with Crippen molar-refractivity contribution in [3.05, 3.63) is 11.6 Å². The van der Waals surface area contributed by atoms with Crippen molar-refractivity contribution < 1.29 is 63.3 Å². The van der Waals surface area contributed by atoms with Crippen molar-refractivity contribution >= 4 is 23.7 Å². The molecule has 296 valence electrons. The second kappa shape index (κ2) is 12.5. The number of aliphatic carboxylic acids is 1. The van der Waals surface area contributed by atoms with Crippen LogP contribution in [0.25, 0.3) is 0 Å². The second-order valence-corrected chi connectivity index (χ2v) is 19.0. The number of Topliss-reactive ketones (excluding diaryl/α,β-unsaturated/α-hetero) is 1. The summed E-state index contributed by atoms with van der Waals surface area (Å²) in [4.78, 5) is 49.8. The molecule has 53 heavy (non-hydrogen) atoms. The van der Waals surface area contributed by atoms with E-state index in [4.69, 9.17) is 28.8 Å². The molecule has 2 spiro atoms. The van der Waals surface area contributed by atoms with E-state index in [2.05, 4.69) is 33.8 Å². The molecule has 0 bridgehead atoms. The van der Waals surface area contributed by atoms with Gasteiger partial charge in [0.25, 0.3) is 0 Å². The first-order chi connectivity index (χ1) is 24.6. The number of carboxylic acids is 1. The van der Waals surface area contributed by atoms with E-state index in [0.29, 0.717) is 12.8 Å². The Kier molecular flexibility index (Phi) is 9.19. The van der Waals surface area contributed by atoms with Crippen LogP contribution in [0.4, 0.5) is 0 Å². The number of carboxylic acid groups (broad SMARTS) is 1. The number of esters is 2. The highest BCUT2D eigenvalue weighted by atomic mass is 16.7. The number of aliphatic hydroxyl groups is 3. The number of ketones is 1. The minimum Gasteiger partial charge on any atom is -0.481 e. The molecule has 0 radical (unpaired) electrons. The fraction of sp³-hybridized carbons (Fsp3) is 0.850. The van der Waals surface area contributed by atoms with E-state index in [1.165, 1.54) is 12.5 Å². The lowest BCUT2D eigenvalue weighted by Crippen LogP contribution is -2.59. The van der Waals surface area contributed by atoms with Gasteiger partial charge in [-0.15, -0.1) is 0 Å². The molecule has 2 heterocycles. The van der Waals surface area contributed by atoms with Crippen molar-refractivity contribution in [2.45, 2.75) is 161 Å². The summed E-state index contributed by atoms with van der Waals surface area (Å²) in [6.07, 6.45) is -0.962. The van der Waals surface area contributed by atoms with Crippen LogP contribution >= 0.6 is 0 Å². The van der Waals surface area contributed by atoms with Crippen LogP contribution in [-0.4, -0.2) is 105 Å². The van der Waals surface area contributed by atoms with E-state index in [0.717, 1.165) is 32.1 Å². The summed E-state index contributed by atoms with van der Waals surface area (Å²) in [6.45, 7) is 15.8. The number of aliphatic hydroxyl groups excluding tert-OH is 3. The molecule has 2 aliphatic heterocycles. The molecule has 0 amide bonds. The minimum atomic E-state index is -1.51. The maximum atomic E-state index is 14.3. The summed E-state index contributed by atoms with van der Waals surface area (Å²) in [7, 11) is 0. The Labute approximate surface area is 311 Å². The summed E-state index contributed by atoms with van der Waals surface area (Å²) < 4.78 is 29.2. The van der Waals surface area contributed by atoms with Gasteiger partial charge in [0.2, 0.25) is 0 Å². The summed E-state index contributed by atoms with van der Waals surface area (Å²) in [5.74, 6) is -3.35. The third-order valence-electron chi connectivity index (χ3n) is 15.6. The Bertz CT molecular complexity index is 1590. The SMILES string of the molecule is CC(=O)O[C@H](C[C@@H](C)[C@H]1C(=O)[C@H](O)[C@@]2(C)C3=CC[C@H]4C(C)(C)[C@@H](O[C@@H]5OC[C@@H](O)[C@H](O)[C@H]5OC(=O)CC(=O)O)CC[C@@]45C[C@@]35CC[C@]12C)[C@@H]1OC1(C)C. The first-order valence-electron chi connectivity index (χ1n) is 19.4. The van der Waals surface area contributed by atoms with Crippen molar-refractivity contribution in [3.63, 3.8) is 0 Å². The quantitative estimate of drug-likeness (QED) is 0.110. The first kappa shape index (κ1) is 38.8. The van der Waals surface area contributed by atoms with Crippen molar-refractivity contribution in [3.8, 4) is 0 Å². The molecule has 5 aliphatic carbocycles. The zero-order chi connectivity index (χ0) is 38.8. The molecule has 13 nitrogen and oxygen atoms in total. The van der Waals surface area contributed by atoms with Gasteiger partial charge in [-0.1, -0.05) is 46.3 Å². The van der Waals surface area contributed by atoms with Gasteiger partial charge < -0.3 is 44.1 Å². The van der Waals surface area contributed by atoms with Crippen LogP contribution < -0.4 is 0 Å². The van der Waals surface area contributed by atoms with Gasteiger partial charge in [-0.05, 0) is 92.3 Å². The van der Waals surface area contributed by atoms with Crippen molar-refractivity contribution in [2.24, 2.45) is 44.8 Å². The van der Waals surface area contributed by atoms with Gasteiger partial charge in [0.15, 0.2) is 18.2 Å². The summed E-state index contributed by atoms with van der Waals surface area (Å²) >= 11 is 0. The molecule has 6 fully saturated rings. The minimum absolute atomic E-state index is 0.0525. The van der Waals surface area contributed by atoms with Crippen molar-refractivity contribution in [2.75, 3.05) is 6.61 Å². The van der Waals surface area contributed by atoms with Crippen LogP contribution in [0.2, 0.25) is 0 Å². The highest BCUT2D eigenvalue weighted by Crippen LogP contribution is 2.87. The molecular formula is C40H58O13. The molecule has 4 N–H and O–H groups in total. The Morgan fingerprint density at radius 2 is 1.72 bits per heavy atom. The molecule has 0 aromatic carbocycles. The zero-order valence-corrected chi connectivity index (χ0v) is 32.3. The number of fused-ring (bicyclic) bond motifs is 2. The fourth-order valence-electron chi connectivity index (χ4n) is 12.8. The first-order valence-corrected chi connectivity index (χ1v) is 19.4. The number of epoxide rings is 1. The molecule has 0 aromatic heterocycles. The molecule has 0 aromatic rings. The molecule has 7 aliphatic rings. The number of ether oxygens (including phenoxy) is 5. The topological polar surface area (TPSA) is 199 Å². The Morgan fingerprint density at radius 1 is 1.04 bits per heavy atom. The maximum Gasteiger partial charge on any atom is 0.317 e. The zero-order valence-electron chi connectivity index (χ0n) is 32.3. The Morgan fingerprint density at radius 3 is 2.34 bits per heavy atom. The summed E-state index contributed by atoms with van der Waals surface area (Å²) in [5, 5.41) is 42.1. The molecule has 0 unspecified atom stereocenters. The van der Waals surface area contributed by atoms with Gasteiger partial charge >= 0.3 is 17.9 Å². The molecule has 7 rings (SSSR count). The van der Waals surface area contributed by atoms with Gasteiger partial charge in [0.05, 0.1) is 18.3 Å². The Hall–Kier alpha value is -2.42. The van der Waals surface area contributed by atoms with Crippen LogP contribution in [0, 0.1) is 44.8 Å². The van der Waals surface area contributed by atoms with Crippen LogP contribution in [0.15, 0.2) is 11.6 Å². The van der Waals surface area contributed by atoms with Crippen molar-refractivity contribution in [1.82, 2.24) is 0 Å². The highest BCUT2D eigenvalue weighted by Gasteiger charge is 2.82. The van der Waals surface area contributed by atoms with Gasteiger partial charge in [-0.25, -0.2) is 0 Å². The number of hydrogen-bond acceptors (Lipinski definition) is 12. The predicted octanol–water partition coefficient (Wildman–Crippen LogP) is 3.48. The summed E-state index contributed by atoms with van der Waals surface area (Å²) in [6, 6.07) is 0. The molecular weight excluding hydrogens is 688 g/mol. The number of allylic oxidation sites excluding steroid dienone is 1. The third kappa shape index (κ3) is 5.60. The number of rotatable bonds is 10. The predicted molar refractivity (Wildman–Crippen MR) is 186 cm³/mol. The molecule has 4 saturated carbocycles. The fourth-order valence-corrected chi connectivity index (χ4v) is 12.8. The average molecular weight is 747 g/mol. The van der Waals surface area contributed by atoms with Gasteiger partial charge in [-0.3, -0.25) is 19.2 Å². The largest absolute Gasteiger partial charge is 0.481 e. The summed E-state index contributed by atoms with van der Waals surface area (Å²) in [5.41, 5.74) is -1.08. The molecule has 2 saturated heterocycles. The van der Waals surface area contributed by atoms with Gasteiger partial charge in [0, 0.05) is 18.3 Å². The van der Waals surface area contributed by atoms with Gasteiger partial charge in [-0.2, -0.15) is 0 Å². The Balaban J connectivity index is 1.13. The van der Waals surface area contributed by atoms with Crippen LogP contribution in [0.3, 0.4) is 0 Å². The smallest absolute Gasteiger partial charge is 0.317 e. The maximum absolute atomic E-state index is 14.3. The standard InChI is InChI=1S/C40H58O13/c1-19(15-22(50-20(2)41)33-36(5,6)53-33)28-30(47)32(48)38(8)24-10-9-23-35(3,4)25(11-12-39(23)18-40(24,39)14-13-37(28,38)7)51-34-31(29(46)21(42)17-49-34)52-27(45)16-26(43)44/h10,19,21-23,25,28-29,31-34,42,46,48H,9,11-18H2,1-8H3,(H,43,44)/t19-,21-,22-,23+,25+,28+,29+,31-,32+,33+,34+,37-,38-,39-,40+/m1/s1. The lowest BCUT2D eigenvalue weighted by Gasteiger charge is -2.60. The molecule has 13 heteroatoms. The van der Waals surface area contributed by atoms with E-state index in [1.54, 1.807) is 0 Å². The van der Waals surface area contributed by atoms with Crippen LogP contribution in [-0.2, 0) is 42.9 Å². The number of carbonyl (C=O) groups is 4. The van der Waals surface area contributed by atoms with Crippen LogP contribution in [0.5, 0.6) is 0 Å². The third-order valence-corrected chi connectivity index (χ3v) is 15.6. The van der Waals surface area contributed by atoms with E-state index in [-0.39, 0.29) is 53.2 Å². The molecule has 15 atom stereocenters. The lowest BCUT2D eigenvalue weighted by molar-refractivity contribution is -0.303. The van der Waals surface area contributed by atoms with Crippen LogP contribution in [0.1, 0.15) is 107 Å². The van der Waals surface area contributed by atoms with E-state index in [9.17, 15) is 34.5 Å². The van der Waals surface area contributed by atoms with E-state index < -0.39 is 82.9 Å². The normalized spacial score (nSPS) is 47.0. The van der Waals surface area contributed by atoms with E-state index >= 15 is 0 Å². The van der Waals surface area contributed by atoms with Crippen molar-refractivity contribution in [1.29, 1.82) is 0 Å². The number of hydrogen-bond donors (Lipinski definition) is 4. The highest BCUT2D eigenvalue weighted by molar-refractivity contribution is 5.91. The van der Waals surface area contributed by atoms with Gasteiger partial charge in [0.1, 0.15) is 36.9 Å².